The van der Waals surface area contributed by atoms with Crippen molar-refractivity contribution in [1.82, 2.24) is 14.5 Å². The second-order valence-electron chi connectivity index (χ2n) is 9.04. The van der Waals surface area contributed by atoms with Crippen LogP contribution in [0, 0.1) is 5.82 Å². The number of aromatic nitrogens is 2. The zero-order valence-electron chi connectivity index (χ0n) is 20.9. The number of carbonyl (C=O) groups excluding carboxylic acids is 1. The van der Waals surface area contributed by atoms with Crippen LogP contribution < -0.4 is 20.1 Å². The number of nitrogens with zero attached hydrogens (tertiary/aromatic N) is 3. The number of imidazole rings is 1. The highest BCUT2D eigenvalue weighted by atomic mass is 19.1. The molecule has 0 spiro atoms. The van der Waals surface area contributed by atoms with Crippen LogP contribution in [0.5, 0.6) is 11.5 Å². The van der Waals surface area contributed by atoms with Gasteiger partial charge in [0.25, 0.3) is 0 Å². The third kappa shape index (κ3) is 5.45. The molecule has 1 aliphatic heterocycles. The Morgan fingerprint density at radius 3 is 2.51 bits per heavy atom. The van der Waals surface area contributed by atoms with Crippen molar-refractivity contribution >= 4 is 28.7 Å². The van der Waals surface area contributed by atoms with Crippen LogP contribution >= 0.6 is 0 Å². The average molecular weight is 504 g/mol. The Bertz CT molecular complexity index is 1380. The number of halogens is 1. The van der Waals surface area contributed by atoms with Crippen molar-refractivity contribution in [3.63, 3.8) is 0 Å². The summed E-state index contributed by atoms with van der Waals surface area (Å²) in [5, 5.41) is 6.54. The molecule has 0 radical (unpaired) electrons. The first-order valence-electron chi connectivity index (χ1n) is 12.3. The normalized spacial score (nSPS) is 14.0. The Morgan fingerprint density at radius 2 is 1.78 bits per heavy atom. The molecule has 2 heterocycles. The molecule has 4 aromatic rings. The summed E-state index contributed by atoms with van der Waals surface area (Å²) in [6.45, 7) is 1.80. The van der Waals surface area contributed by atoms with Crippen LogP contribution in [0.1, 0.15) is 18.4 Å². The quantitative estimate of drug-likeness (QED) is 0.355. The number of piperidine rings is 1. The Labute approximate surface area is 215 Å². The summed E-state index contributed by atoms with van der Waals surface area (Å²) >= 11 is 0. The monoisotopic (exact) mass is 503 g/mol. The highest BCUT2D eigenvalue weighted by Crippen LogP contribution is 2.30. The Hall–Kier alpha value is -4.27. The maximum absolute atomic E-state index is 13.4. The number of hydrogen-bond donors (Lipinski definition) is 2. The number of likely N-dealkylation sites (tertiary alicyclic amines) is 1. The summed E-state index contributed by atoms with van der Waals surface area (Å²) in [5.74, 6) is 1.73. The van der Waals surface area contributed by atoms with Crippen molar-refractivity contribution in [3.05, 3.63) is 78.1 Å². The van der Waals surface area contributed by atoms with E-state index in [1.807, 2.05) is 29.2 Å². The lowest BCUT2D eigenvalue weighted by Crippen LogP contribution is -2.44. The lowest BCUT2D eigenvalue weighted by Gasteiger charge is -2.32. The molecular weight excluding hydrogens is 473 g/mol. The Morgan fingerprint density at radius 1 is 1.03 bits per heavy atom. The van der Waals surface area contributed by atoms with Gasteiger partial charge in [-0.15, -0.1) is 0 Å². The van der Waals surface area contributed by atoms with E-state index in [2.05, 4.69) is 15.2 Å². The molecule has 0 bridgehead atoms. The van der Waals surface area contributed by atoms with Gasteiger partial charge < -0.3 is 29.6 Å². The molecule has 9 heteroatoms. The standard InChI is InChI=1S/C28H30FN5O3/c1-36-22-11-12-24(26(17-22)37-2)32-28(35)33-15-13-21(14-16-33)30-27-31-23-5-3-4-6-25(23)34(27)18-19-7-9-20(29)10-8-19/h3-12,17,21H,13-16,18H2,1-2H3,(H,30,31)(H,32,35). The molecule has 1 aromatic heterocycles. The van der Waals surface area contributed by atoms with E-state index in [-0.39, 0.29) is 17.9 Å². The number of methoxy groups -OCH3 is 2. The third-order valence-electron chi connectivity index (χ3n) is 6.67. The first-order valence-corrected chi connectivity index (χ1v) is 12.3. The Kier molecular flexibility index (Phi) is 7.11. The van der Waals surface area contributed by atoms with Gasteiger partial charge in [-0.05, 0) is 54.8 Å². The smallest absolute Gasteiger partial charge is 0.321 e. The van der Waals surface area contributed by atoms with E-state index >= 15 is 0 Å². The summed E-state index contributed by atoms with van der Waals surface area (Å²) in [7, 11) is 3.15. The molecule has 0 unspecified atom stereocenters. The van der Waals surface area contributed by atoms with Gasteiger partial charge in [0.05, 0.1) is 37.5 Å². The highest BCUT2D eigenvalue weighted by molar-refractivity contribution is 5.91. The number of nitrogens with one attached hydrogen (secondary N) is 2. The largest absolute Gasteiger partial charge is 0.497 e. The predicted octanol–water partition coefficient (Wildman–Crippen LogP) is 5.35. The fourth-order valence-electron chi connectivity index (χ4n) is 4.62. The van der Waals surface area contributed by atoms with Gasteiger partial charge in [-0.2, -0.15) is 0 Å². The molecule has 0 atom stereocenters. The third-order valence-corrected chi connectivity index (χ3v) is 6.67. The SMILES string of the molecule is COc1ccc(NC(=O)N2CCC(Nc3nc4ccccc4n3Cc3ccc(F)cc3)CC2)c(OC)c1. The van der Waals surface area contributed by atoms with Crippen LogP contribution in [0.4, 0.5) is 20.8 Å². The highest BCUT2D eigenvalue weighted by Gasteiger charge is 2.25. The fraction of sp³-hybridized carbons (Fsp3) is 0.286. The first-order chi connectivity index (χ1) is 18.0. The molecule has 0 saturated carbocycles. The van der Waals surface area contributed by atoms with Gasteiger partial charge in [-0.1, -0.05) is 24.3 Å². The van der Waals surface area contributed by atoms with Crippen molar-refractivity contribution in [2.24, 2.45) is 0 Å². The summed E-state index contributed by atoms with van der Waals surface area (Å²) in [6, 6.07) is 19.8. The molecule has 5 rings (SSSR count). The minimum atomic E-state index is -0.251. The van der Waals surface area contributed by atoms with Crippen LogP contribution in [0.15, 0.2) is 66.7 Å². The van der Waals surface area contributed by atoms with Crippen LogP contribution in [0.3, 0.4) is 0 Å². The first kappa shape index (κ1) is 24.4. The minimum Gasteiger partial charge on any atom is -0.497 e. The topological polar surface area (TPSA) is 80.7 Å². The van der Waals surface area contributed by atoms with E-state index in [9.17, 15) is 9.18 Å². The molecule has 3 aromatic carbocycles. The van der Waals surface area contributed by atoms with E-state index in [0.717, 1.165) is 35.4 Å². The van der Waals surface area contributed by atoms with Gasteiger partial charge in [-0.3, -0.25) is 0 Å². The maximum atomic E-state index is 13.4. The zero-order valence-corrected chi connectivity index (χ0v) is 20.9. The van der Waals surface area contributed by atoms with Crippen molar-refractivity contribution in [2.75, 3.05) is 37.9 Å². The molecular formula is C28H30FN5O3. The molecule has 1 aliphatic rings. The van der Waals surface area contributed by atoms with E-state index in [1.54, 1.807) is 44.6 Å². The summed E-state index contributed by atoms with van der Waals surface area (Å²) < 4.78 is 26.2. The van der Waals surface area contributed by atoms with Crippen LogP contribution in [-0.4, -0.2) is 53.8 Å². The molecule has 0 aliphatic carbocycles. The summed E-state index contributed by atoms with van der Waals surface area (Å²) in [6.07, 6.45) is 1.57. The molecule has 2 amide bonds. The van der Waals surface area contributed by atoms with E-state index in [0.29, 0.717) is 36.8 Å². The number of urea groups is 1. The van der Waals surface area contributed by atoms with Crippen molar-refractivity contribution < 1.29 is 18.7 Å². The Balaban J connectivity index is 1.24. The van der Waals surface area contributed by atoms with E-state index in [4.69, 9.17) is 14.5 Å². The van der Waals surface area contributed by atoms with Crippen molar-refractivity contribution in [2.45, 2.75) is 25.4 Å². The van der Waals surface area contributed by atoms with Crippen molar-refractivity contribution in [1.29, 1.82) is 0 Å². The number of rotatable bonds is 7. The number of amides is 2. The molecule has 1 fully saturated rings. The summed E-state index contributed by atoms with van der Waals surface area (Å²) in [5.41, 5.74) is 3.51. The van der Waals surface area contributed by atoms with E-state index < -0.39 is 0 Å². The van der Waals surface area contributed by atoms with E-state index in [1.165, 1.54) is 12.1 Å². The molecule has 8 nitrogen and oxygen atoms in total. The second kappa shape index (κ2) is 10.8. The fourth-order valence-corrected chi connectivity index (χ4v) is 4.62. The average Bonchev–Trinajstić information content (AvgIpc) is 3.27. The van der Waals surface area contributed by atoms with Crippen LogP contribution in [-0.2, 0) is 6.54 Å². The second-order valence-corrected chi connectivity index (χ2v) is 9.04. The van der Waals surface area contributed by atoms with Gasteiger partial charge in [0.2, 0.25) is 5.95 Å². The molecule has 192 valence electrons. The zero-order chi connectivity index (χ0) is 25.8. The van der Waals surface area contributed by atoms with Gasteiger partial charge in [0.1, 0.15) is 17.3 Å². The number of carbonyl (C=O) groups is 1. The van der Waals surface area contributed by atoms with Gasteiger partial charge in [-0.25, -0.2) is 14.2 Å². The lowest BCUT2D eigenvalue weighted by atomic mass is 10.1. The molecule has 37 heavy (non-hydrogen) atoms. The summed E-state index contributed by atoms with van der Waals surface area (Å²) in [4.78, 5) is 19.6. The molecule has 2 N–H and O–H groups in total. The number of anilines is 2. The van der Waals surface area contributed by atoms with Crippen LogP contribution in [0.2, 0.25) is 0 Å². The maximum Gasteiger partial charge on any atom is 0.321 e. The van der Waals surface area contributed by atoms with Gasteiger partial charge in [0, 0.05) is 25.2 Å². The number of hydrogen-bond acceptors (Lipinski definition) is 5. The lowest BCUT2D eigenvalue weighted by molar-refractivity contribution is 0.197. The van der Waals surface area contributed by atoms with Gasteiger partial charge >= 0.3 is 6.03 Å². The number of fused-ring (bicyclic) bond motifs is 1. The predicted molar refractivity (Wildman–Crippen MR) is 142 cm³/mol. The van der Waals surface area contributed by atoms with Crippen molar-refractivity contribution in [3.8, 4) is 11.5 Å². The number of para-hydroxylation sites is 2. The van der Waals surface area contributed by atoms with Gasteiger partial charge in [0.15, 0.2) is 0 Å². The minimum absolute atomic E-state index is 0.162. The molecule has 1 saturated heterocycles. The number of ether oxygens (including phenoxy) is 2. The van der Waals surface area contributed by atoms with Crippen LogP contribution in [0.25, 0.3) is 11.0 Å². The number of benzene rings is 3.